The van der Waals surface area contributed by atoms with Gasteiger partial charge in [0.2, 0.25) is 0 Å². The summed E-state index contributed by atoms with van der Waals surface area (Å²) in [6, 6.07) is 7.88. The molecule has 4 heteroatoms. The summed E-state index contributed by atoms with van der Waals surface area (Å²) in [6.07, 6.45) is 3.46. The van der Waals surface area contributed by atoms with E-state index in [-0.39, 0.29) is 0 Å². The molecule has 1 N–H and O–H groups in total. The van der Waals surface area contributed by atoms with Gasteiger partial charge in [0.1, 0.15) is 11.6 Å². The van der Waals surface area contributed by atoms with Gasteiger partial charge in [-0.05, 0) is 32.3 Å². The Kier molecular flexibility index (Phi) is 4.11. The third-order valence-electron chi connectivity index (χ3n) is 3.78. The molecule has 0 amide bonds. The maximum absolute atomic E-state index is 6.35. The topological polar surface area (TPSA) is 37.8 Å². The highest BCUT2D eigenvalue weighted by Gasteiger charge is 2.28. The third kappa shape index (κ3) is 3.03. The number of nitrogens with zero attached hydrogens (tertiary/aromatic N) is 2. The lowest BCUT2D eigenvalue weighted by Crippen LogP contribution is -2.08. The number of hydrogen-bond acceptors (Lipinski definition) is 3. The Bertz CT molecular complexity index is 650. The average molecular weight is 302 g/mol. The molecule has 1 aliphatic carbocycles. The lowest BCUT2D eigenvalue weighted by atomic mass is 10.1. The fraction of sp³-hybridized carbons (Fsp3) is 0.412. The van der Waals surface area contributed by atoms with Gasteiger partial charge in [-0.1, -0.05) is 36.7 Å². The Labute approximate surface area is 130 Å². The monoisotopic (exact) mass is 301 g/mol. The SMILES string of the molecule is CCCNc1nc(C2CC2)nc(-c2ccccc2Cl)c1C. The zero-order chi connectivity index (χ0) is 14.8. The van der Waals surface area contributed by atoms with E-state index < -0.39 is 0 Å². The predicted molar refractivity (Wildman–Crippen MR) is 88.0 cm³/mol. The van der Waals surface area contributed by atoms with Crippen LogP contribution in [-0.2, 0) is 0 Å². The van der Waals surface area contributed by atoms with E-state index in [9.17, 15) is 0 Å². The van der Waals surface area contributed by atoms with Crippen LogP contribution in [0.3, 0.4) is 0 Å². The van der Waals surface area contributed by atoms with E-state index in [2.05, 4.69) is 19.2 Å². The van der Waals surface area contributed by atoms with Gasteiger partial charge in [-0.15, -0.1) is 0 Å². The molecule has 1 saturated carbocycles. The van der Waals surface area contributed by atoms with Gasteiger partial charge in [0, 0.05) is 28.6 Å². The summed E-state index contributed by atoms with van der Waals surface area (Å²) in [5, 5.41) is 4.16. The Hall–Kier alpha value is -1.61. The normalized spacial score (nSPS) is 14.2. The van der Waals surface area contributed by atoms with Crippen molar-refractivity contribution in [3.63, 3.8) is 0 Å². The number of anilines is 1. The number of aromatic nitrogens is 2. The highest BCUT2D eigenvalue weighted by Crippen LogP contribution is 2.40. The van der Waals surface area contributed by atoms with E-state index >= 15 is 0 Å². The molecule has 1 fully saturated rings. The van der Waals surface area contributed by atoms with Gasteiger partial charge in [-0.2, -0.15) is 0 Å². The molecule has 0 spiro atoms. The van der Waals surface area contributed by atoms with Gasteiger partial charge < -0.3 is 5.32 Å². The zero-order valence-corrected chi connectivity index (χ0v) is 13.2. The molecule has 3 nitrogen and oxygen atoms in total. The van der Waals surface area contributed by atoms with Crippen molar-refractivity contribution in [2.75, 3.05) is 11.9 Å². The number of hydrogen-bond donors (Lipinski definition) is 1. The van der Waals surface area contributed by atoms with Gasteiger partial charge in [-0.25, -0.2) is 9.97 Å². The molecule has 0 aliphatic heterocycles. The minimum atomic E-state index is 0.522. The fourth-order valence-electron chi connectivity index (χ4n) is 2.39. The molecule has 0 bridgehead atoms. The maximum Gasteiger partial charge on any atom is 0.134 e. The van der Waals surface area contributed by atoms with Crippen molar-refractivity contribution in [2.45, 2.75) is 39.0 Å². The average Bonchev–Trinajstić information content (AvgIpc) is 3.32. The fourth-order valence-corrected chi connectivity index (χ4v) is 2.61. The number of halogens is 1. The molecule has 0 atom stereocenters. The summed E-state index contributed by atoms with van der Waals surface area (Å²) < 4.78 is 0. The zero-order valence-electron chi connectivity index (χ0n) is 12.5. The second kappa shape index (κ2) is 6.02. The van der Waals surface area contributed by atoms with Gasteiger partial charge in [0.25, 0.3) is 0 Å². The van der Waals surface area contributed by atoms with Crippen LogP contribution < -0.4 is 5.32 Å². The van der Waals surface area contributed by atoms with E-state index in [0.717, 1.165) is 46.5 Å². The molecule has 3 rings (SSSR count). The molecule has 1 heterocycles. The van der Waals surface area contributed by atoms with Crippen molar-refractivity contribution in [3.05, 3.63) is 40.7 Å². The minimum absolute atomic E-state index is 0.522. The molecule has 110 valence electrons. The van der Waals surface area contributed by atoms with Gasteiger partial charge in [0.15, 0.2) is 0 Å². The standard InChI is InChI=1S/C17H20ClN3/c1-3-10-19-16-11(2)15(13-6-4-5-7-14(13)18)20-17(21-16)12-8-9-12/h4-7,12H,3,8-10H2,1-2H3,(H,19,20,21). The van der Waals surface area contributed by atoms with Crippen LogP contribution in [0.5, 0.6) is 0 Å². The summed E-state index contributed by atoms with van der Waals surface area (Å²) >= 11 is 6.35. The van der Waals surface area contributed by atoms with Crippen molar-refractivity contribution in [3.8, 4) is 11.3 Å². The largest absolute Gasteiger partial charge is 0.370 e. The highest BCUT2D eigenvalue weighted by atomic mass is 35.5. The maximum atomic E-state index is 6.35. The summed E-state index contributed by atoms with van der Waals surface area (Å²) in [5.74, 6) is 2.42. The molecule has 0 unspecified atom stereocenters. The van der Waals surface area contributed by atoms with Gasteiger partial charge in [0.05, 0.1) is 5.69 Å². The number of rotatable bonds is 5. The number of nitrogens with one attached hydrogen (secondary N) is 1. The lowest BCUT2D eigenvalue weighted by Gasteiger charge is -2.14. The number of benzene rings is 1. The van der Waals surface area contributed by atoms with E-state index in [1.165, 1.54) is 12.8 Å². The van der Waals surface area contributed by atoms with Crippen molar-refractivity contribution in [2.24, 2.45) is 0 Å². The van der Waals surface area contributed by atoms with Crippen LogP contribution in [-0.4, -0.2) is 16.5 Å². The summed E-state index contributed by atoms with van der Waals surface area (Å²) in [4.78, 5) is 9.52. The second-order valence-corrected chi connectivity index (χ2v) is 5.99. The van der Waals surface area contributed by atoms with Crippen LogP contribution >= 0.6 is 11.6 Å². The van der Waals surface area contributed by atoms with Crippen LogP contribution in [0, 0.1) is 6.92 Å². The smallest absolute Gasteiger partial charge is 0.134 e. The Balaban J connectivity index is 2.09. The summed E-state index contributed by atoms with van der Waals surface area (Å²) in [7, 11) is 0. The van der Waals surface area contributed by atoms with E-state index in [4.69, 9.17) is 21.6 Å². The third-order valence-corrected chi connectivity index (χ3v) is 4.11. The molecule has 1 aromatic heterocycles. The van der Waals surface area contributed by atoms with E-state index in [1.807, 2.05) is 24.3 Å². The first kappa shape index (κ1) is 14.3. The molecular formula is C17H20ClN3. The summed E-state index contributed by atoms with van der Waals surface area (Å²) in [6.45, 7) is 5.14. The second-order valence-electron chi connectivity index (χ2n) is 5.58. The molecule has 0 saturated heterocycles. The van der Waals surface area contributed by atoms with Crippen LogP contribution in [0.2, 0.25) is 5.02 Å². The Morgan fingerprint density at radius 1 is 1.24 bits per heavy atom. The van der Waals surface area contributed by atoms with Crippen molar-refractivity contribution < 1.29 is 0 Å². The quantitative estimate of drug-likeness (QED) is 0.861. The lowest BCUT2D eigenvalue weighted by molar-refractivity contribution is 0.902. The minimum Gasteiger partial charge on any atom is -0.370 e. The van der Waals surface area contributed by atoms with E-state index in [0.29, 0.717) is 5.92 Å². The van der Waals surface area contributed by atoms with Crippen LogP contribution in [0.25, 0.3) is 11.3 Å². The molecule has 2 aromatic rings. The molecule has 1 aliphatic rings. The highest BCUT2D eigenvalue weighted by molar-refractivity contribution is 6.33. The molecule has 21 heavy (non-hydrogen) atoms. The molecule has 0 radical (unpaired) electrons. The first-order valence-corrected chi connectivity index (χ1v) is 7.95. The molecular weight excluding hydrogens is 282 g/mol. The van der Waals surface area contributed by atoms with Crippen molar-refractivity contribution in [1.29, 1.82) is 0 Å². The van der Waals surface area contributed by atoms with Crippen molar-refractivity contribution in [1.82, 2.24) is 9.97 Å². The van der Waals surface area contributed by atoms with Crippen molar-refractivity contribution >= 4 is 17.4 Å². The van der Waals surface area contributed by atoms with Crippen LogP contribution in [0.1, 0.15) is 43.5 Å². The Morgan fingerprint density at radius 2 is 2.00 bits per heavy atom. The summed E-state index contributed by atoms with van der Waals surface area (Å²) in [5.41, 5.74) is 3.01. The predicted octanol–water partition coefficient (Wildman–Crippen LogP) is 4.80. The van der Waals surface area contributed by atoms with Crippen LogP contribution in [0.4, 0.5) is 5.82 Å². The molecule has 1 aromatic carbocycles. The van der Waals surface area contributed by atoms with Gasteiger partial charge >= 0.3 is 0 Å². The first-order chi connectivity index (χ1) is 10.2. The van der Waals surface area contributed by atoms with E-state index in [1.54, 1.807) is 0 Å². The Morgan fingerprint density at radius 3 is 2.67 bits per heavy atom. The van der Waals surface area contributed by atoms with Crippen LogP contribution in [0.15, 0.2) is 24.3 Å². The first-order valence-electron chi connectivity index (χ1n) is 7.58. The van der Waals surface area contributed by atoms with Gasteiger partial charge in [-0.3, -0.25) is 0 Å².